The van der Waals surface area contributed by atoms with Crippen molar-refractivity contribution in [2.75, 3.05) is 0 Å². The predicted molar refractivity (Wildman–Crippen MR) is 82.1 cm³/mol. The summed E-state index contributed by atoms with van der Waals surface area (Å²) >= 11 is 0. The van der Waals surface area contributed by atoms with Crippen molar-refractivity contribution >= 4 is 16.8 Å². The second-order valence-electron chi connectivity index (χ2n) is 4.91. The number of benzene rings is 1. The van der Waals surface area contributed by atoms with Crippen molar-refractivity contribution in [3.8, 4) is 11.4 Å². The molecule has 0 amide bonds. The lowest BCUT2D eigenvalue weighted by molar-refractivity contribution is -0.117. The van der Waals surface area contributed by atoms with Crippen LogP contribution in [0.25, 0.3) is 22.4 Å². The van der Waals surface area contributed by atoms with Gasteiger partial charge in [0, 0.05) is 5.56 Å². The Morgan fingerprint density at radius 2 is 1.71 bits per heavy atom. The normalized spacial score (nSPS) is 10.7. The molecule has 1 aromatic heterocycles. The van der Waals surface area contributed by atoms with E-state index in [0.29, 0.717) is 16.9 Å². The molecule has 0 unspecified atom stereocenters. The van der Waals surface area contributed by atoms with Crippen LogP contribution in [0.1, 0.15) is 6.92 Å². The summed E-state index contributed by atoms with van der Waals surface area (Å²) in [4.78, 5) is 28.1. The summed E-state index contributed by atoms with van der Waals surface area (Å²) in [6.07, 6.45) is 0. The highest BCUT2D eigenvalue weighted by atomic mass is 16.1. The smallest absolute Gasteiger partial charge is 0.206 e. The maximum atomic E-state index is 12.1. The van der Waals surface area contributed by atoms with Gasteiger partial charge in [0.25, 0.3) is 0 Å². The lowest BCUT2D eigenvalue weighted by Crippen LogP contribution is -2.07. The van der Waals surface area contributed by atoms with Gasteiger partial charge in [0.2, 0.25) is 5.43 Å². The largest absolute Gasteiger partial charge is 0.316 e. The number of hydrogen-bond donors (Lipinski definition) is 0. The van der Waals surface area contributed by atoms with E-state index in [0.717, 1.165) is 5.56 Å². The van der Waals surface area contributed by atoms with Crippen LogP contribution in [-0.4, -0.2) is 15.3 Å². The molecule has 1 heterocycles. The molecule has 0 fully saturated rings. The van der Waals surface area contributed by atoms with Crippen LogP contribution < -0.4 is 5.43 Å². The fraction of sp³-hybridized carbons (Fsp3) is 0.118. The summed E-state index contributed by atoms with van der Waals surface area (Å²) in [6.45, 7) is 1.73. The van der Waals surface area contributed by atoms with Gasteiger partial charge in [-0.3, -0.25) is 9.59 Å². The number of aromatic nitrogens is 2. The summed E-state index contributed by atoms with van der Waals surface area (Å²) in [7, 11) is 0. The van der Waals surface area contributed by atoms with Crippen molar-refractivity contribution in [3.63, 3.8) is 0 Å². The minimum absolute atomic E-state index is 0.0189. The number of Topliss-reactive ketones (excluding diaryl/α,β-unsaturated/α-hetero) is 1. The first-order chi connectivity index (χ1) is 10.2. The molecule has 3 rings (SSSR count). The van der Waals surface area contributed by atoms with Crippen LogP contribution in [0.5, 0.6) is 0 Å². The van der Waals surface area contributed by atoms with Crippen LogP contribution >= 0.6 is 0 Å². The van der Waals surface area contributed by atoms with Gasteiger partial charge in [-0.25, -0.2) is 4.98 Å². The minimum atomic E-state index is -0.144. The van der Waals surface area contributed by atoms with E-state index in [4.69, 9.17) is 0 Å². The number of rotatable bonds is 3. The SMILES string of the molecule is CC(=O)Cn1c(-c2ccccc2)nc2c(=O)ccccc21. The molecule has 0 radical (unpaired) electrons. The molecule has 4 heteroatoms. The highest BCUT2D eigenvalue weighted by Crippen LogP contribution is 2.22. The number of imidazole rings is 1. The lowest BCUT2D eigenvalue weighted by Gasteiger charge is -2.06. The van der Waals surface area contributed by atoms with E-state index < -0.39 is 0 Å². The molecule has 0 aliphatic rings. The average Bonchev–Trinajstić information content (AvgIpc) is 2.72. The third-order valence-corrected chi connectivity index (χ3v) is 3.27. The quantitative estimate of drug-likeness (QED) is 0.740. The Morgan fingerprint density at radius 3 is 2.43 bits per heavy atom. The van der Waals surface area contributed by atoms with E-state index >= 15 is 0 Å². The summed E-state index contributed by atoms with van der Waals surface area (Å²) in [5.74, 6) is 0.662. The number of hydrogen-bond acceptors (Lipinski definition) is 3. The first-order valence-electron chi connectivity index (χ1n) is 6.71. The Kier molecular flexibility index (Phi) is 3.36. The Balaban J connectivity index is 2.37. The Morgan fingerprint density at radius 1 is 1.05 bits per heavy atom. The summed E-state index contributed by atoms with van der Waals surface area (Å²) in [5.41, 5.74) is 1.81. The predicted octanol–water partition coefficient (Wildman–Crippen LogP) is 2.65. The summed E-state index contributed by atoms with van der Waals surface area (Å²) < 4.78 is 1.80. The molecular weight excluding hydrogens is 264 g/mol. The molecule has 0 aliphatic carbocycles. The molecular formula is C17H14N2O2. The van der Waals surface area contributed by atoms with E-state index in [1.54, 1.807) is 16.7 Å². The lowest BCUT2D eigenvalue weighted by atomic mass is 10.2. The fourth-order valence-electron chi connectivity index (χ4n) is 2.37. The van der Waals surface area contributed by atoms with Gasteiger partial charge < -0.3 is 4.57 Å². The van der Waals surface area contributed by atoms with Crippen LogP contribution in [-0.2, 0) is 11.3 Å². The van der Waals surface area contributed by atoms with E-state index in [2.05, 4.69) is 4.98 Å². The third kappa shape index (κ3) is 2.48. The van der Waals surface area contributed by atoms with Crippen LogP contribution in [0.2, 0.25) is 0 Å². The summed E-state index contributed by atoms with van der Waals surface area (Å²) in [6, 6.07) is 16.4. The van der Waals surface area contributed by atoms with E-state index in [9.17, 15) is 9.59 Å². The molecule has 0 saturated heterocycles. The summed E-state index contributed by atoms with van der Waals surface area (Å²) in [5, 5.41) is 0. The molecule has 4 nitrogen and oxygen atoms in total. The van der Waals surface area contributed by atoms with Gasteiger partial charge in [-0.1, -0.05) is 42.5 Å². The molecule has 2 aromatic carbocycles. The maximum Gasteiger partial charge on any atom is 0.206 e. The van der Waals surface area contributed by atoms with Crippen LogP contribution in [0.15, 0.2) is 59.4 Å². The van der Waals surface area contributed by atoms with Gasteiger partial charge in [-0.05, 0) is 19.1 Å². The average molecular weight is 278 g/mol. The van der Waals surface area contributed by atoms with Crippen LogP contribution in [0.4, 0.5) is 0 Å². The number of carbonyl (C=O) groups excluding carboxylic acids is 1. The van der Waals surface area contributed by atoms with Crippen molar-refractivity contribution in [2.45, 2.75) is 13.5 Å². The number of ketones is 1. The van der Waals surface area contributed by atoms with Crippen molar-refractivity contribution in [3.05, 3.63) is 64.8 Å². The topological polar surface area (TPSA) is 52.0 Å². The maximum absolute atomic E-state index is 12.1. The highest BCUT2D eigenvalue weighted by molar-refractivity contribution is 5.84. The minimum Gasteiger partial charge on any atom is -0.316 e. The van der Waals surface area contributed by atoms with E-state index in [1.807, 2.05) is 36.4 Å². The zero-order chi connectivity index (χ0) is 14.8. The number of nitrogens with zero attached hydrogens (tertiary/aromatic N) is 2. The monoisotopic (exact) mass is 278 g/mol. The zero-order valence-corrected chi connectivity index (χ0v) is 11.6. The van der Waals surface area contributed by atoms with Crippen LogP contribution in [0.3, 0.4) is 0 Å². The van der Waals surface area contributed by atoms with Gasteiger partial charge in [0.1, 0.15) is 17.1 Å². The Hall–Kier alpha value is -2.75. The van der Waals surface area contributed by atoms with Gasteiger partial charge in [-0.2, -0.15) is 0 Å². The second-order valence-corrected chi connectivity index (χ2v) is 4.91. The molecule has 0 N–H and O–H groups in total. The number of carbonyl (C=O) groups is 1. The molecule has 0 atom stereocenters. The van der Waals surface area contributed by atoms with Crippen molar-refractivity contribution < 1.29 is 4.79 Å². The van der Waals surface area contributed by atoms with Crippen LogP contribution in [0, 0.1) is 0 Å². The molecule has 0 saturated carbocycles. The molecule has 104 valence electrons. The molecule has 0 bridgehead atoms. The molecule has 0 spiro atoms. The van der Waals surface area contributed by atoms with Gasteiger partial charge >= 0.3 is 0 Å². The molecule has 3 aromatic rings. The first-order valence-corrected chi connectivity index (χ1v) is 6.71. The molecule has 0 aliphatic heterocycles. The van der Waals surface area contributed by atoms with E-state index in [-0.39, 0.29) is 17.8 Å². The van der Waals surface area contributed by atoms with Crippen molar-refractivity contribution in [2.24, 2.45) is 0 Å². The highest BCUT2D eigenvalue weighted by Gasteiger charge is 2.14. The van der Waals surface area contributed by atoms with Gasteiger partial charge in [-0.15, -0.1) is 0 Å². The standard InChI is InChI=1S/C17H14N2O2/c1-12(20)11-19-14-9-5-6-10-15(21)16(14)18-17(19)13-7-3-2-4-8-13/h2-10H,11H2,1H3. The molecule has 21 heavy (non-hydrogen) atoms. The van der Waals surface area contributed by atoms with Crippen molar-refractivity contribution in [1.82, 2.24) is 9.55 Å². The van der Waals surface area contributed by atoms with Crippen molar-refractivity contribution in [1.29, 1.82) is 0 Å². The first kappa shape index (κ1) is 13.2. The number of fused-ring (bicyclic) bond motifs is 1. The van der Waals surface area contributed by atoms with E-state index in [1.165, 1.54) is 13.0 Å². The van der Waals surface area contributed by atoms with Gasteiger partial charge in [0.15, 0.2) is 0 Å². The Labute approximate surface area is 121 Å². The fourth-order valence-corrected chi connectivity index (χ4v) is 2.37. The zero-order valence-electron chi connectivity index (χ0n) is 11.6. The second kappa shape index (κ2) is 5.32. The Bertz CT molecular complexity index is 867. The van der Waals surface area contributed by atoms with Gasteiger partial charge in [0.05, 0.1) is 12.1 Å². The third-order valence-electron chi connectivity index (χ3n) is 3.27.